The van der Waals surface area contributed by atoms with E-state index < -0.39 is 0 Å². The highest BCUT2D eigenvalue weighted by molar-refractivity contribution is 7.80. The number of nitrogens with one attached hydrogen (secondary N) is 2. The summed E-state index contributed by atoms with van der Waals surface area (Å²) in [6, 6.07) is 18.9. The summed E-state index contributed by atoms with van der Waals surface area (Å²) in [5, 5.41) is 9.89. The summed E-state index contributed by atoms with van der Waals surface area (Å²) >= 11 is 5.64. The van der Waals surface area contributed by atoms with Crippen LogP contribution in [-0.4, -0.2) is 60.7 Å². The van der Waals surface area contributed by atoms with Crippen molar-refractivity contribution in [2.45, 2.75) is 0 Å². The summed E-state index contributed by atoms with van der Waals surface area (Å²) < 4.78 is 11.0. The zero-order valence-corrected chi connectivity index (χ0v) is 21.1. The number of hydrogen-bond acceptors (Lipinski definition) is 6. The van der Waals surface area contributed by atoms with E-state index in [1.807, 2.05) is 73.6 Å². The number of imide groups is 1. The molecular weight excluding hydrogens is 488 g/mol. The van der Waals surface area contributed by atoms with Crippen molar-refractivity contribution in [3.8, 4) is 11.5 Å². The van der Waals surface area contributed by atoms with Crippen LogP contribution >= 0.6 is 12.2 Å². The lowest BCUT2D eigenvalue weighted by molar-refractivity contribution is 0.0602. The van der Waals surface area contributed by atoms with Gasteiger partial charge in [0.1, 0.15) is 0 Å². The second kappa shape index (κ2) is 9.02. The molecule has 2 heterocycles. The number of ether oxygens (including phenoxy) is 2. The van der Waals surface area contributed by atoms with E-state index in [-0.39, 0.29) is 18.6 Å². The SMILES string of the molecule is CN(C)CCN1C(=O)c2cccc3cc4cccc(NC(=S)Nc5cccc6c5OCO6)c4c(c23)C1=O. The van der Waals surface area contributed by atoms with E-state index in [0.717, 1.165) is 16.2 Å². The monoisotopic (exact) mass is 512 g/mol. The molecule has 0 fully saturated rings. The smallest absolute Gasteiger partial charge is 0.262 e. The number of fused-ring (bicyclic) bond motifs is 3. The maximum Gasteiger partial charge on any atom is 0.262 e. The number of amides is 2. The predicted octanol–water partition coefficient (Wildman–Crippen LogP) is 4.69. The van der Waals surface area contributed by atoms with Crippen LogP contribution in [-0.2, 0) is 0 Å². The summed E-state index contributed by atoms with van der Waals surface area (Å²) in [5.41, 5.74) is 2.38. The second-order valence-electron chi connectivity index (χ2n) is 9.24. The van der Waals surface area contributed by atoms with E-state index in [1.54, 1.807) is 6.07 Å². The lowest BCUT2D eigenvalue weighted by Gasteiger charge is -2.29. The van der Waals surface area contributed by atoms with Gasteiger partial charge in [0, 0.05) is 35.1 Å². The fraction of sp³-hybridized carbons (Fsp3) is 0.179. The molecule has 6 rings (SSSR count). The number of benzene rings is 4. The number of carbonyl (C=O) groups excluding carboxylic acids is 2. The van der Waals surface area contributed by atoms with Crippen molar-refractivity contribution in [1.29, 1.82) is 0 Å². The molecule has 0 aromatic heterocycles. The zero-order chi connectivity index (χ0) is 25.7. The van der Waals surface area contributed by atoms with Crippen molar-refractivity contribution in [2.75, 3.05) is 44.6 Å². The van der Waals surface area contributed by atoms with Crippen LogP contribution < -0.4 is 20.1 Å². The van der Waals surface area contributed by atoms with Gasteiger partial charge in [0.15, 0.2) is 16.6 Å². The van der Waals surface area contributed by atoms with Gasteiger partial charge in [0.25, 0.3) is 11.8 Å². The van der Waals surface area contributed by atoms with Gasteiger partial charge < -0.3 is 25.0 Å². The van der Waals surface area contributed by atoms with Crippen LogP contribution in [0.25, 0.3) is 21.5 Å². The third-order valence-corrected chi connectivity index (χ3v) is 6.81. The van der Waals surface area contributed by atoms with Crippen molar-refractivity contribution in [3.63, 3.8) is 0 Å². The molecule has 2 aliphatic rings. The molecule has 0 spiro atoms. The fourth-order valence-electron chi connectivity index (χ4n) is 4.91. The highest BCUT2D eigenvalue weighted by atomic mass is 32.1. The molecule has 0 aliphatic carbocycles. The topological polar surface area (TPSA) is 83.1 Å². The summed E-state index contributed by atoms with van der Waals surface area (Å²) in [4.78, 5) is 30.5. The first kappa shape index (κ1) is 23.2. The number of nitrogens with zero attached hydrogens (tertiary/aromatic N) is 2. The van der Waals surface area contributed by atoms with Crippen molar-refractivity contribution in [3.05, 3.63) is 71.8 Å². The average Bonchev–Trinajstić information content (AvgIpc) is 3.36. The molecule has 0 atom stereocenters. The summed E-state index contributed by atoms with van der Waals surface area (Å²) in [6.07, 6.45) is 0. The van der Waals surface area contributed by atoms with E-state index in [0.29, 0.717) is 57.6 Å². The number of carbonyl (C=O) groups is 2. The molecule has 2 N–H and O–H groups in total. The van der Waals surface area contributed by atoms with Gasteiger partial charge in [-0.25, -0.2) is 0 Å². The number of rotatable bonds is 5. The Morgan fingerprint density at radius 2 is 1.62 bits per heavy atom. The van der Waals surface area contributed by atoms with Crippen LogP contribution in [0.5, 0.6) is 11.5 Å². The molecule has 4 aromatic carbocycles. The molecule has 0 saturated heterocycles. The molecule has 9 heteroatoms. The lowest BCUT2D eigenvalue weighted by Crippen LogP contribution is -2.43. The van der Waals surface area contributed by atoms with Crippen LogP contribution in [0.15, 0.2) is 60.7 Å². The van der Waals surface area contributed by atoms with E-state index in [2.05, 4.69) is 10.6 Å². The molecule has 186 valence electrons. The third kappa shape index (κ3) is 3.92. The quantitative estimate of drug-likeness (QED) is 0.227. The number of para-hydroxylation sites is 1. The van der Waals surface area contributed by atoms with Crippen LogP contribution in [0.3, 0.4) is 0 Å². The molecule has 0 unspecified atom stereocenters. The first-order valence-corrected chi connectivity index (χ1v) is 12.3. The van der Waals surface area contributed by atoms with Crippen molar-refractivity contribution >= 4 is 62.1 Å². The third-order valence-electron chi connectivity index (χ3n) is 6.60. The van der Waals surface area contributed by atoms with Gasteiger partial charge in [-0.3, -0.25) is 14.5 Å². The number of thiocarbonyl (C=S) groups is 1. The molecule has 0 radical (unpaired) electrons. The Morgan fingerprint density at radius 1 is 0.919 bits per heavy atom. The molecule has 8 nitrogen and oxygen atoms in total. The second-order valence-corrected chi connectivity index (χ2v) is 9.65. The Hall–Kier alpha value is -4.21. The van der Waals surface area contributed by atoms with Gasteiger partial charge in [-0.05, 0) is 67.4 Å². The summed E-state index contributed by atoms with van der Waals surface area (Å²) in [6.45, 7) is 1.02. The minimum atomic E-state index is -0.305. The first-order chi connectivity index (χ1) is 17.9. The highest BCUT2D eigenvalue weighted by Gasteiger charge is 2.34. The molecule has 0 bridgehead atoms. The minimum Gasteiger partial charge on any atom is -0.454 e. The molecular formula is C28H24N4O4S. The maximum absolute atomic E-state index is 13.9. The largest absolute Gasteiger partial charge is 0.454 e. The van der Waals surface area contributed by atoms with Gasteiger partial charge in [0.05, 0.1) is 11.3 Å². The normalized spacial score (nSPS) is 14.1. The summed E-state index contributed by atoms with van der Waals surface area (Å²) in [7, 11) is 3.83. The van der Waals surface area contributed by atoms with Gasteiger partial charge in [-0.2, -0.15) is 0 Å². The Morgan fingerprint density at radius 3 is 2.43 bits per heavy atom. The average molecular weight is 513 g/mol. The molecule has 37 heavy (non-hydrogen) atoms. The van der Waals surface area contributed by atoms with Crippen LogP contribution in [0.1, 0.15) is 20.7 Å². The maximum atomic E-state index is 13.9. The lowest BCUT2D eigenvalue weighted by atomic mass is 9.89. The first-order valence-electron chi connectivity index (χ1n) is 11.9. The number of hydrogen-bond donors (Lipinski definition) is 2. The van der Waals surface area contributed by atoms with E-state index in [9.17, 15) is 9.59 Å². The molecule has 2 amide bonds. The van der Waals surface area contributed by atoms with E-state index in [4.69, 9.17) is 21.7 Å². The Labute approximate surface area is 218 Å². The standard InChI is InChI=1S/C28H24N4O4S/c1-31(2)12-13-32-26(33)18-8-3-6-16-14-17-7-4-9-19(23(17)24(22(16)18)27(32)34)29-28(37)30-20-10-5-11-21-25(20)36-15-35-21/h3-11,14H,12-13,15H2,1-2H3,(H2,29,30,37). The highest BCUT2D eigenvalue weighted by Crippen LogP contribution is 2.40. The van der Waals surface area contributed by atoms with Crippen LogP contribution in [0.2, 0.25) is 0 Å². The fourth-order valence-corrected chi connectivity index (χ4v) is 5.13. The van der Waals surface area contributed by atoms with Gasteiger partial charge in [-0.15, -0.1) is 0 Å². The van der Waals surface area contributed by atoms with Gasteiger partial charge in [-0.1, -0.05) is 30.3 Å². The zero-order valence-electron chi connectivity index (χ0n) is 20.3. The minimum absolute atomic E-state index is 0.154. The van der Waals surface area contributed by atoms with Crippen LogP contribution in [0.4, 0.5) is 11.4 Å². The van der Waals surface area contributed by atoms with Crippen molar-refractivity contribution < 1.29 is 19.1 Å². The van der Waals surface area contributed by atoms with Crippen molar-refractivity contribution in [2.24, 2.45) is 0 Å². The Bertz CT molecular complexity index is 1620. The summed E-state index contributed by atoms with van der Waals surface area (Å²) in [5.74, 6) is 0.669. The van der Waals surface area contributed by atoms with E-state index in [1.165, 1.54) is 4.90 Å². The van der Waals surface area contributed by atoms with E-state index >= 15 is 0 Å². The number of anilines is 2. The molecule has 4 aromatic rings. The van der Waals surface area contributed by atoms with Crippen LogP contribution in [0, 0.1) is 0 Å². The van der Waals surface area contributed by atoms with Crippen molar-refractivity contribution in [1.82, 2.24) is 9.80 Å². The van der Waals surface area contributed by atoms with Gasteiger partial charge in [0.2, 0.25) is 6.79 Å². The molecule has 0 saturated carbocycles. The Kier molecular flexibility index (Phi) is 5.66. The Balaban J connectivity index is 1.44. The number of likely N-dealkylation sites (N-methyl/N-ethyl adjacent to an activating group) is 1. The predicted molar refractivity (Wildman–Crippen MR) is 148 cm³/mol. The van der Waals surface area contributed by atoms with Gasteiger partial charge >= 0.3 is 0 Å². The molecule has 2 aliphatic heterocycles.